The second-order valence-corrected chi connectivity index (χ2v) is 6.27. The summed E-state index contributed by atoms with van der Waals surface area (Å²) in [5.41, 5.74) is 0. The molecule has 2 atom stereocenters. The second-order valence-electron chi connectivity index (χ2n) is 6.27. The summed E-state index contributed by atoms with van der Waals surface area (Å²) in [5.74, 6) is 0.758. The minimum Gasteiger partial charge on any atom is -0.481 e. The zero-order valence-corrected chi connectivity index (χ0v) is 13.3. The van der Waals surface area contributed by atoms with Gasteiger partial charge in [0.2, 0.25) is 0 Å². The molecule has 0 bridgehead atoms. The Kier molecular flexibility index (Phi) is 9.11. The van der Waals surface area contributed by atoms with Crippen molar-refractivity contribution in [1.29, 1.82) is 0 Å². The van der Waals surface area contributed by atoms with Gasteiger partial charge in [-0.2, -0.15) is 0 Å². The summed E-state index contributed by atoms with van der Waals surface area (Å²) >= 11 is 0. The van der Waals surface area contributed by atoms with Gasteiger partial charge in [-0.15, -0.1) is 0 Å². The van der Waals surface area contributed by atoms with E-state index >= 15 is 0 Å². The van der Waals surface area contributed by atoms with Crippen LogP contribution >= 0.6 is 0 Å². The number of carbonyl (C=O) groups excluding carboxylic acids is 1. The van der Waals surface area contributed by atoms with Crippen molar-refractivity contribution in [2.24, 2.45) is 11.8 Å². The molecule has 1 rings (SSSR count). The van der Waals surface area contributed by atoms with Crippen molar-refractivity contribution in [3.63, 3.8) is 0 Å². The molecule has 0 saturated heterocycles. The van der Waals surface area contributed by atoms with Crippen LogP contribution in [0.4, 0.5) is 0 Å². The van der Waals surface area contributed by atoms with Gasteiger partial charge in [0, 0.05) is 12.8 Å². The third-order valence-electron chi connectivity index (χ3n) is 4.72. The van der Waals surface area contributed by atoms with Crippen LogP contribution in [0.25, 0.3) is 0 Å². The number of hydrogen-bond donors (Lipinski definition) is 1. The number of aliphatic carboxylic acids is 1. The van der Waals surface area contributed by atoms with Gasteiger partial charge >= 0.3 is 11.9 Å². The minimum atomic E-state index is -0.682. The maximum absolute atomic E-state index is 11.1. The van der Waals surface area contributed by atoms with Crippen LogP contribution in [0.15, 0.2) is 0 Å². The SMILES string of the molecule is COC(=O)CCCCC1CCCCC1CCCCC(=O)O. The standard InChI is InChI=1S/C17H30O4/c1-21-17(20)13-7-5-11-15-9-3-2-8-14(15)10-4-6-12-16(18)19/h14-15H,2-13H2,1H3,(H,18,19). The fraction of sp³-hybridized carbons (Fsp3) is 0.882. The Balaban J connectivity index is 2.19. The molecule has 1 aliphatic rings. The minimum absolute atomic E-state index is 0.108. The van der Waals surface area contributed by atoms with Crippen molar-refractivity contribution < 1.29 is 19.4 Å². The summed E-state index contributed by atoms with van der Waals surface area (Å²) in [6.07, 6.45) is 12.3. The molecule has 0 aromatic heterocycles. The Bertz CT molecular complexity index is 314. The number of carboxylic acids is 1. The van der Waals surface area contributed by atoms with Crippen LogP contribution < -0.4 is 0 Å². The highest BCUT2D eigenvalue weighted by Crippen LogP contribution is 2.36. The van der Waals surface area contributed by atoms with E-state index in [9.17, 15) is 9.59 Å². The normalized spacial score (nSPS) is 22.0. The molecular weight excluding hydrogens is 268 g/mol. The zero-order valence-electron chi connectivity index (χ0n) is 13.3. The van der Waals surface area contributed by atoms with Crippen molar-refractivity contribution in [3.8, 4) is 0 Å². The summed E-state index contributed by atoms with van der Waals surface area (Å²) in [5, 5.41) is 8.67. The van der Waals surface area contributed by atoms with E-state index in [1.807, 2.05) is 0 Å². The molecule has 1 fully saturated rings. The molecule has 1 aliphatic carbocycles. The first-order valence-corrected chi connectivity index (χ1v) is 8.42. The lowest BCUT2D eigenvalue weighted by molar-refractivity contribution is -0.141. The Labute approximate surface area is 128 Å². The predicted molar refractivity (Wildman–Crippen MR) is 82.0 cm³/mol. The quantitative estimate of drug-likeness (QED) is 0.485. The number of rotatable bonds is 10. The first-order valence-electron chi connectivity index (χ1n) is 8.42. The largest absolute Gasteiger partial charge is 0.481 e. The van der Waals surface area contributed by atoms with Gasteiger partial charge in [-0.1, -0.05) is 51.4 Å². The van der Waals surface area contributed by atoms with E-state index in [0.717, 1.165) is 37.5 Å². The van der Waals surface area contributed by atoms with Crippen molar-refractivity contribution >= 4 is 11.9 Å². The van der Waals surface area contributed by atoms with Crippen LogP contribution in [0.2, 0.25) is 0 Å². The number of carbonyl (C=O) groups is 2. The number of methoxy groups -OCH3 is 1. The maximum Gasteiger partial charge on any atom is 0.305 e. The van der Waals surface area contributed by atoms with E-state index in [1.54, 1.807) is 0 Å². The molecule has 1 N–H and O–H groups in total. The van der Waals surface area contributed by atoms with Crippen molar-refractivity contribution in [3.05, 3.63) is 0 Å². The van der Waals surface area contributed by atoms with Crippen molar-refractivity contribution in [1.82, 2.24) is 0 Å². The van der Waals surface area contributed by atoms with Gasteiger partial charge in [-0.25, -0.2) is 0 Å². The van der Waals surface area contributed by atoms with Gasteiger partial charge in [-0.05, 0) is 24.7 Å². The molecule has 2 unspecified atom stereocenters. The second kappa shape index (κ2) is 10.6. The van der Waals surface area contributed by atoms with E-state index in [4.69, 9.17) is 5.11 Å². The van der Waals surface area contributed by atoms with Crippen LogP contribution in [-0.2, 0) is 14.3 Å². The van der Waals surface area contributed by atoms with Gasteiger partial charge in [-0.3, -0.25) is 9.59 Å². The Hall–Kier alpha value is -1.06. The summed E-state index contributed by atoms with van der Waals surface area (Å²) in [4.78, 5) is 21.6. The summed E-state index contributed by atoms with van der Waals surface area (Å²) in [6, 6.07) is 0. The topological polar surface area (TPSA) is 63.6 Å². The molecule has 0 amide bonds. The van der Waals surface area contributed by atoms with Gasteiger partial charge in [0.05, 0.1) is 7.11 Å². The van der Waals surface area contributed by atoms with Crippen molar-refractivity contribution in [2.75, 3.05) is 7.11 Å². The molecule has 4 heteroatoms. The Morgan fingerprint density at radius 1 is 0.952 bits per heavy atom. The Morgan fingerprint density at radius 2 is 1.48 bits per heavy atom. The predicted octanol–water partition coefficient (Wildman–Crippen LogP) is 4.17. The molecule has 0 heterocycles. The first kappa shape index (κ1) is 18.0. The third kappa shape index (κ3) is 8.08. The van der Waals surface area contributed by atoms with Crippen LogP contribution in [0.1, 0.15) is 77.0 Å². The van der Waals surface area contributed by atoms with Gasteiger partial charge < -0.3 is 9.84 Å². The van der Waals surface area contributed by atoms with Crippen molar-refractivity contribution in [2.45, 2.75) is 77.0 Å². The average molecular weight is 298 g/mol. The smallest absolute Gasteiger partial charge is 0.305 e. The molecule has 0 radical (unpaired) electrons. The number of unbranched alkanes of at least 4 members (excludes halogenated alkanes) is 2. The monoisotopic (exact) mass is 298 g/mol. The molecule has 1 saturated carbocycles. The first-order chi connectivity index (χ1) is 10.1. The average Bonchev–Trinajstić information content (AvgIpc) is 2.48. The van der Waals surface area contributed by atoms with Gasteiger partial charge in [0.15, 0.2) is 0 Å². The van der Waals surface area contributed by atoms with Crippen LogP contribution in [-0.4, -0.2) is 24.2 Å². The lowest BCUT2D eigenvalue weighted by Crippen LogP contribution is -2.19. The molecule has 0 aromatic carbocycles. The number of carboxylic acid groups (broad SMARTS) is 1. The van der Waals surface area contributed by atoms with Crippen LogP contribution in [0, 0.1) is 11.8 Å². The van der Waals surface area contributed by atoms with E-state index < -0.39 is 5.97 Å². The number of ether oxygens (including phenoxy) is 1. The van der Waals surface area contributed by atoms with Gasteiger partial charge in [0.1, 0.15) is 0 Å². The molecule has 0 aliphatic heterocycles. The fourth-order valence-electron chi connectivity index (χ4n) is 3.51. The molecule has 4 nitrogen and oxygen atoms in total. The summed E-state index contributed by atoms with van der Waals surface area (Å²) in [6.45, 7) is 0. The number of esters is 1. The highest BCUT2D eigenvalue weighted by Gasteiger charge is 2.24. The third-order valence-corrected chi connectivity index (χ3v) is 4.72. The van der Waals surface area contributed by atoms with Gasteiger partial charge in [0.25, 0.3) is 0 Å². The molecule has 122 valence electrons. The molecular formula is C17H30O4. The van der Waals surface area contributed by atoms with E-state index in [2.05, 4.69) is 4.74 Å². The lowest BCUT2D eigenvalue weighted by Gasteiger charge is -2.31. The zero-order chi connectivity index (χ0) is 15.5. The molecule has 0 spiro atoms. The lowest BCUT2D eigenvalue weighted by atomic mass is 9.74. The maximum atomic E-state index is 11.1. The van der Waals surface area contributed by atoms with E-state index in [0.29, 0.717) is 12.8 Å². The van der Waals surface area contributed by atoms with E-state index in [-0.39, 0.29) is 5.97 Å². The molecule has 21 heavy (non-hydrogen) atoms. The Morgan fingerprint density at radius 3 is 1.95 bits per heavy atom. The summed E-state index contributed by atoms with van der Waals surface area (Å²) in [7, 11) is 1.44. The molecule has 0 aromatic rings. The van der Waals surface area contributed by atoms with Crippen LogP contribution in [0.3, 0.4) is 0 Å². The summed E-state index contributed by atoms with van der Waals surface area (Å²) < 4.78 is 4.66. The van der Waals surface area contributed by atoms with E-state index in [1.165, 1.54) is 45.6 Å². The highest BCUT2D eigenvalue weighted by atomic mass is 16.5. The fourth-order valence-corrected chi connectivity index (χ4v) is 3.51. The van der Waals surface area contributed by atoms with Crippen LogP contribution in [0.5, 0.6) is 0 Å². The number of hydrogen-bond acceptors (Lipinski definition) is 3. The highest BCUT2D eigenvalue weighted by molar-refractivity contribution is 5.69.